The van der Waals surface area contributed by atoms with Gasteiger partial charge in [0.05, 0.1) is 4.88 Å². The molecule has 1 amide bonds. The zero-order chi connectivity index (χ0) is 13.8. The first-order valence-electron chi connectivity index (χ1n) is 5.27. The number of nitrogens with two attached hydrogens (primary N) is 1. The van der Waals surface area contributed by atoms with Crippen LogP contribution in [0.3, 0.4) is 0 Å². The molecule has 0 radical (unpaired) electrons. The second-order valence-corrected chi connectivity index (χ2v) is 4.77. The Balaban J connectivity index is 2.02. The van der Waals surface area contributed by atoms with Gasteiger partial charge < -0.3 is 4.74 Å². The zero-order valence-electron chi connectivity index (χ0n) is 9.65. The summed E-state index contributed by atoms with van der Waals surface area (Å²) in [6.45, 7) is 0.0884. The summed E-state index contributed by atoms with van der Waals surface area (Å²) in [4.78, 5) is 12.4. The lowest BCUT2D eigenvalue weighted by atomic mass is 10.3. The van der Waals surface area contributed by atoms with E-state index in [0.717, 1.165) is 17.0 Å². The first kappa shape index (κ1) is 13.4. The van der Waals surface area contributed by atoms with E-state index in [1.165, 1.54) is 17.4 Å². The van der Waals surface area contributed by atoms with Gasteiger partial charge in [0.1, 0.15) is 12.4 Å². The summed E-state index contributed by atoms with van der Waals surface area (Å²) in [5.74, 6) is 3.13. The van der Waals surface area contributed by atoms with Crippen molar-refractivity contribution in [2.24, 2.45) is 5.84 Å². The van der Waals surface area contributed by atoms with Crippen LogP contribution in [-0.4, -0.2) is 5.91 Å². The highest BCUT2D eigenvalue weighted by molar-refractivity contribution is 7.14. The van der Waals surface area contributed by atoms with E-state index in [9.17, 15) is 13.6 Å². The number of hydrazine groups is 1. The Hall–Kier alpha value is -1.99. The summed E-state index contributed by atoms with van der Waals surface area (Å²) in [6, 6.07) is 6.34. The number of nitrogen functional groups attached to an aromatic ring is 1. The summed E-state index contributed by atoms with van der Waals surface area (Å²) in [7, 11) is 0. The maximum absolute atomic E-state index is 13.3. The molecule has 7 heteroatoms. The van der Waals surface area contributed by atoms with Crippen molar-refractivity contribution in [2.45, 2.75) is 6.61 Å². The van der Waals surface area contributed by atoms with Gasteiger partial charge in [-0.15, -0.1) is 11.3 Å². The predicted octanol–water partition coefficient (Wildman–Crippen LogP) is 2.21. The van der Waals surface area contributed by atoms with Gasteiger partial charge in [0.25, 0.3) is 5.91 Å². The summed E-state index contributed by atoms with van der Waals surface area (Å²) in [5.41, 5.74) is 2.01. The van der Waals surface area contributed by atoms with Gasteiger partial charge in [-0.25, -0.2) is 14.6 Å². The number of carbonyl (C=O) groups excluding carboxylic acids is 1. The first-order chi connectivity index (χ1) is 9.10. The molecule has 100 valence electrons. The molecule has 1 aromatic carbocycles. The minimum absolute atomic E-state index is 0.0420. The Bertz CT molecular complexity index is 601. The van der Waals surface area contributed by atoms with E-state index in [-0.39, 0.29) is 12.4 Å². The monoisotopic (exact) mass is 284 g/mol. The molecular weight excluding hydrogens is 274 g/mol. The van der Waals surface area contributed by atoms with Crippen LogP contribution in [0.4, 0.5) is 8.78 Å². The maximum atomic E-state index is 13.3. The van der Waals surface area contributed by atoms with Crippen LogP contribution in [0.5, 0.6) is 5.75 Å². The molecule has 1 heterocycles. The smallest absolute Gasteiger partial charge is 0.275 e. The Morgan fingerprint density at radius 2 is 2.11 bits per heavy atom. The number of nitrogens with one attached hydrogen (secondary N) is 1. The normalized spacial score (nSPS) is 10.3. The van der Waals surface area contributed by atoms with Crippen LogP contribution in [0.15, 0.2) is 30.3 Å². The Labute approximate surface area is 111 Å². The highest BCUT2D eigenvalue weighted by Gasteiger charge is 2.09. The van der Waals surface area contributed by atoms with Crippen LogP contribution in [0.25, 0.3) is 0 Å². The molecule has 0 saturated heterocycles. The summed E-state index contributed by atoms with van der Waals surface area (Å²) in [6.07, 6.45) is 0. The fraction of sp³-hybridized carbons (Fsp3) is 0.0833. The van der Waals surface area contributed by atoms with E-state index >= 15 is 0 Å². The molecule has 0 bridgehead atoms. The summed E-state index contributed by atoms with van der Waals surface area (Å²) >= 11 is 1.18. The van der Waals surface area contributed by atoms with E-state index in [1.807, 2.05) is 5.43 Å². The Kier molecular flexibility index (Phi) is 4.08. The van der Waals surface area contributed by atoms with E-state index in [1.54, 1.807) is 12.1 Å². The third-order valence-electron chi connectivity index (χ3n) is 2.28. The topological polar surface area (TPSA) is 64.3 Å². The summed E-state index contributed by atoms with van der Waals surface area (Å²) < 4.78 is 31.2. The molecule has 1 aromatic heterocycles. The minimum Gasteiger partial charge on any atom is -0.485 e. The SMILES string of the molecule is NNC(=O)c1ccc(COc2ccc(F)cc2F)s1. The molecule has 0 unspecified atom stereocenters. The molecular formula is C12H10F2N2O2S. The lowest BCUT2D eigenvalue weighted by Gasteiger charge is -2.05. The first-order valence-corrected chi connectivity index (χ1v) is 6.09. The van der Waals surface area contributed by atoms with Crippen LogP contribution < -0.4 is 16.0 Å². The fourth-order valence-electron chi connectivity index (χ4n) is 1.39. The van der Waals surface area contributed by atoms with Crippen molar-refractivity contribution in [1.29, 1.82) is 0 Å². The maximum Gasteiger partial charge on any atom is 0.275 e. The number of hydrogen-bond acceptors (Lipinski definition) is 4. The number of hydrogen-bond donors (Lipinski definition) is 2. The van der Waals surface area contributed by atoms with Crippen molar-refractivity contribution in [3.8, 4) is 5.75 Å². The molecule has 4 nitrogen and oxygen atoms in total. The van der Waals surface area contributed by atoms with Gasteiger partial charge in [0.2, 0.25) is 0 Å². The molecule has 19 heavy (non-hydrogen) atoms. The molecule has 0 spiro atoms. The van der Waals surface area contributed by atoms with Crippen molar-refractivity contribution in [3.05, 3.63) is 51.7 Å². The lowest BCUT2D eigenvalue weighted by Crippen LogP contribution is -2.29. The van der Waals surface area contributed by atoms with Crippen LogP contribution in [0.1, 0.15) is 14.5 Å². The predicted molar refractivity (Wildman–Crippen MR) is 66.7 cm³/mol. The zero-order valence-corrected chi connectivity index (χ0v) is 10.5. The number of halogens is 2. The van der Waals surface area contributed by atoms with Crippen molar-refractivity contribution in [3.63, 3.8) is 0 Å². The van der Waals surface area contributed by atoms with E-state index < -0.39 is 17.5 Å². The van der Waals surface area contributed by atoms with Crippen molar-refractivity contribution in [2.75, 3.05) is 0 Å². The number of benzene rings is 1. The number of ether oxygens (including phenoxy) is 1. The largest absolute Gasteiger partial charge is 0.485 e. The van der Waals surface area contributed by atoms with Gasteiger partial charge in [-0.2, -0.15) is 0 Å². The average Bonchev–Trinajstić information content (AvgIpc) is 2.85. The Morgan fingerprint density at radius 1 is 1.32 bits per heavy atom. The van der Waals surface area contributed by atoms with Crippen LogP contribution in [0, 0.1) is 11.6 Å². The van der Waals surface area contributed by atoms with Crippen molar-refractivity contribution < 1.29 is 18.3 Å². The van der Waals surface area contributed by atoms with Gasteiger partial charge in [-0.1, -0.05) is 0 Å². The van der Waals surface area contributed by atoms with Gasteiger partial charge in [0.15, 0.2) is 11.6 Å². The number of thiophene rings is 1. The van der Waals surface area contributed by atoms with Crippen LogP contribution in [-0.2, 0) is 6.61 Å². The quantitative estimate of drug-likeness (QED) is 0.514. The molecule has 2 rings (SSSR count). The molecule has 0 aliphatic carbocycles. The number of amides is 1. The molecule has 0 aliphatic rings. The second kappa shape index (κ2) is 5.77. The number of rotatable bonds is 4. The van der Waals surface area contributed by atoms with Gasteiger partial charge in [-0.05, 0) is 24.3 Å². The fourth-order valence-corrected chi connectivity index (χ4v) is 2.21. The second-order valence-electron chi connectivity index (χ2n) is 3.60. The third-order valence-corrected chi connectivity index (χ3v) is 3.34. The van der Waals surface area contributed by atoms with Crippen LogP contribution in [0.2, 0.25) is 0 Å². The lowest BCUT2D eigenvalue weighted by molar-refractivity contribution is 0.0957. The molecule has 2 aromatic rings. The molecule has 0 fully saturated rings. The van der Waals surface area contributed by atoms with Crippen molar-refractivity contribution >= 4 is 17.2 Å². The molecule has 3 N–H and O–H groups in total. The highest BCUT2D eigenvalue weighted by atomic mass is 32.1. The molecule has 0 saturated carbocycles. The van der Waals surface area contributed by atoms with E-state index in [2.05, 4.69) is 0 Å². The van der Waals surface area contributed by atoms with Gasteiger partial charge in [-0.3, -0.25) is 10.2 Å². The summed E-state index contributed by atoms with van der Waals surface area (Å²) in [5, 5.41) is 0. The number of carbonyl (C=O) groups is 1. The van der Waals surface area contributed by atoms with Crippen molar-refractivity contribution in [1.82, 2.24) is 5.43 Å². The highest BCUT2D eigenvalue weighted by Crippen LogP contribution is 2.22. The van der Waals surface area contributed by atoms with E-state index in [4.69, 9.17) is 10.6 Å². The van der Waals surface area contributed by atoms with Crippen LogP contribution >= 0.6 is 11.3 Å². The van der Waals surface area contributed by atoms with E-state index in [0.29, 0.717) is 4.88 Å². The molecule has 0 aliphatic heterocycles. The third kappa shape index (κ3) is 3.27. The Morgan fingerprint density at radius 3 is 2.79 bits per heavy atom. The van der Waals surface area contributed by atoms with Gasteiger partial charge >= 0.3 is 0 Å². The van der Waals surface area contributed by atoms with Gasteiger partial charge in [0, 0.05) is 10.9 Å². The standard InChI is InChI=1S/C12H10F2N2O2S/c13-7-1-3-10(9(14)5-7)18-6-8-2-4-11(19-8)12(17)16-15/h1-5H,6,15H2,(H,16,17). The minimum atomic E-state index is -0.767. The average molecular weight is 284 g/mol. The molecule has 0 atom stereocenters.